The van der Waals surface area contributed by atoms with Gasteiger partial charge in [-0.2, -0.15) is 0 Å². The number of aromatic nitrogens is 1. The number of ether oxygens (including phenoxy) is 1. The van der Waals surface area contributed by atoms with E-state index in [9.17, 15) is 4.79 Å². The minimum absolute atomic E-state index is 0.312. The second-order valence-electron chi connectivity index (χ2n) is 8.64. The van der Waals surface area contributed by atoms with Gasteiger partial charge in [0.05, 0.1) is 5.02 Å². The zero-order chi connectivity index (χ0) is 23.8. The molecule has 2 aliphatic heterocycles. The van der Waals surface area contributed by atoms with Crippen molar-refractivity contribution < 1.29 is 14.4 Å². The number of hydrogen-bond acceptors (Lipinski definition) is 6. The van der Waals surface area contributed by atoms with Crippen LogP contribution in [-0.4, -0.2) is 47.8 Å². The molecule has 1 unspecified atom stereocenters. The molecule has 0 spiro atoms. The molecule has 34 heavy (non-hydrogen) atoms. The number of hydrogen-bond donors (Lipinski definition) is 2. The highest BCUT2D eigenvalue weighted by molar-refractivity contribution is 6.33. The predicted molar refractivity (Wildman–Crippen MR) is 134 cm³/mol. The lowest BCUT2D eigenvalue weighted by atomic mass is 10.0. The summed E-state index contributed by atoms with van der Waals surface area (Å²) >= 11 is 12.6. The fourth-order valence-corrected chi connectivity index (χ4v) is 4.55. The molecule has 1 aromatic carbocycles. The lowest BCUT2D eigenvalue weighted by Crippen LogP contribution is -2.38. The number of pyridine rings is 1. The Morgan fingerprint density at radius 1 is 1.21 bits per heavy atom. The number of carbonyl (C=O) groups is 1. The fourth-order valence-electron chi connectivity index (χ4n) is 4.11. The number of hydroxylamine groups is 1. The van der Waals surface area contributed by atoms with Gasteiger partial charge < -0.3 is 10.1 Å². The summed E-state index contributed by atoms with van der Waals surface area (Å²) in [5.74, 6) is 0.298. The molecule has 2 aromatic rings. The predicted octanol–water partition coefficient (Wildman–Crippen LogP) is 5.05. The van der Waals surface area contributed by atoms with E-state index < -0.39 is 0 Å². The minimum Gasteiger partial charge on any atom is -0.366 e. The van der Waals surface area contributed by atoms with Crippen LogP contribution in [0.3, 0.4) is 0 Å². The van der Waals surface area contributed by atoms with Crippen molar-refractivity contribution in [1.82, 2.24) is 15.4 Å². The normalized spacial score (nSPS) is 19.9. The molecule has 0 saturated carbocycles. The third-order valence-electron chi connectivity index (χ3n) is 5.94. The first-order chi connectivity index (χ1) is 16.5. The Hall–Kier alpha value is -2.16. The summed E-state index contributed by atoms with van der Waals surface area (Å²) in [5, 5.41) is 4.76. The molecule has 2 N–H and O–H groups in total. The van der Waals surface area contributed by atoms with Crippen molar-refractivity contribution in [3.8, 4) is 0 Å². The Labute approximate surface area is 210 Å². The van der Waals surface area contributed by atoms with Gasteiger partial charge in [-0.15, -0.1) is 0 Å². The van der Waals surface area contributed by atoms with Crippen LogP contribution < -0.4 is 10.8 Å². The number of amides is 1. The smallest absolute Gasteiger partial charge is 0.267 e. The van der Waals surface area contributed by atoms with Gasteiger partial charge in [0.1, 0.15) is 5.82 Å². The summed E-state index contributed by atoms with van der Waals surface area (Å²) in [6.45, 7) is 3.54. The Morgan fingerprint density at radius 2 is 2.06 bits per heavy atom. The zero-order valence-electron chi connectivity index (χ0n) is 19.0. The Morgan fingerprint density at radius 3 is 2.79 bits per heavy atom. The maximum Gasteiger partial charge on any atom is 0.267 e. The number of likely N-dealkylation sites (tertiary alicyclic amines) is 1. The molecule has 1 amide bonds. The second kappa shape index (κ2) is 12.5. The topological polar surface area (TPSA) is 75.7 Å². The van der Waals surface area contributed by atoms with E-state index in [2.05, 4.69) is 26.7 Å². The van der Waals surface area contributed by atoms with E-state index in [4.69, 9.17) is 32.8 Å². The van der Waals surface area contributed by atoms with Crippen LogP contribution in [0.2, 0.25) is 10.0 Å². The number of benzene rings is 1. The molecule has 182 valence electrons. The molecular formula is C25H30Cl2N4O3. The summed E-state index contributed by atoms with van der Waals surface area (Å²) in [4.78, 5) is 24.1. The van der Waals surface area contributed by atoms with E-state index in [1.165, 1.54) is 11.6 Å². The van der Waals surface area contributed by atoms with Gasteiger partial charge in [-0.05, 0) is 61.1 Å². The molecule has 1 atom stereocenters. The lowest BCUT2D eigenvalue weighted by molar-refractivity contribution is -0.198. The Bertz CT molecular complexity index is 990. The molecule has 1 aromatic heterocycles. The van der Waals surface area contributed by atoms with Crippen LogP contribution in [0.5, 0.6) is 0 Å². The Balaban J connectivity index is 1.21. The van der Waals surface area contributed by atoms with Gasteiger partial charge in [-0.1, -0.05) is 35.3 Å². The molecule has 9 heteroatoms. The standard InChI is InChI=1S/C25H30Cl2N4O3/c26-20-5-3-4-19(14-20)17-31-11-9-21(10-12-31)29-25-22(27)15-18(16-28-25)7-8-23(32)30-34-24-6-1-2-13-33-24/h3-5,7-8,14-16,21,24H,1-2,6,9-13,17H2,(H,28,29)(H,30,32). The van der Waals surface area contributed by atoms with Crippen LogP contribution in [0, 0.1) is 0 Å². The molecule has 4 rings (SSSR count). The molecule has 2 saturated heterocycles. The molecule has 3 heterocycles. The van der Waals surface area contributed by atoms with Gasteiger partial charge in [0.15, 0.2) is 6.29 Å². The highest BCUT2D eigenvalue weighted by Crippen LogP contribution is 2.24. The van der Waals surface area contributed by atoms with Crippen molar-refractivity contribution in [2.75, 3.05) is 25.0 Å². The number of rotatable bonds is 8. The molecule has 0 bridgehead atoms. The van der Waals surface area contributed by atoms with E-state index in [1.54, 1.807) is 18.3 Å². The largest absolute Gasteiger partial charge is 0.366 e. The van der Waals surface area contributed by atoms with Crippen molar-refractivity contribution in [3.63, 3.8) is 0 Å². The third-order valence-corrected chi connectivity index (χ3v) is 6.47. The highest BCUT2D eigenvalue weighted by atomic mass is 35.5. The zero-order valence-corrected chi connectivity index (χ0v) is 20.5. The van der Waals surface area contributed by atoms with Crippen molar-refractivity contribution in [1.29, 1.82) is 0 Å². The number of halogens is 2. The van der Waals surface area contributed by atoms with Gasteiger partial charge in [-0.25, -0.2) is 15.3 Å². The highest BCUT2D eigenvalue weighted by Gasteiger charge is 2.20. The number of nitrogens with zero attached hydrogens (tertiary/aromatic N) is 2. The Kier molecular flexibility index (Phi) is 9.18. The molecule has 2 fully saturated rings. The summed E-state index contributed by atoms with van der Waals surface area (Å²) in [6, 6.07) is 10.1. The van der Waals surface area contributed by atoms with Crippen LogP contribution in [0.4, 0.5) is 5.82 Å². The second-order valence-corrected chi connectivity index (χ2v) is 9.48. The number of carbonyl (C=O) groups excluding carboxylic acids is 1. The maximum absolute atomic E-state index is 12.0. The van der Waals surface area contributed by atoms with Gasteiger partial charge >= 0.3 is 0 Å². The molecular weight excluding hydrogens is 475 g/mol. The van der Waals surface area contributed by atoms with E-state index in [1.807, 2.05) is 18.2 Å². The first kappa shape index (κ1) is 24.9. The number of anilines is 1. The minimum atomic E-state index is -0.378. The van der Waals surface area contributed by atoms with E-state index in [-0.39, 0.29) is 12.2 Å². The van der Waals surface area contributed by atoms with Gasteiger partial charge in [0, 0.05) is 56.0 Å². The first-order valence-corrected chi connectivity index (χ1v) is 12.4. The summed E-state index contributed by atoms with van der Waals surface area (Å²) in [7, 11) is 0. The molecule has 2 aliphatic rings. The third kappa shape index (κ3) is 7.68. The van der Waals surface area contributed by atoms with Gasteiger partial charge in [0.25, 0.3) is 5.91 Å². The monoisotopic (exact) mass is 504 g/mol. The SMILES string of the molecule is O=C(C=Cc1cnc(NC2CCN(Cc3cccc(Cl)c3)CC2)c(Cl)c1)NOC1CCCCO1. The van der Waals surface area contributed by atoms with Crippen molar-refractivity contribution in [2.45, 2.75) is 51.0 Å². The van der Waals surface area contributed by atoms with E-state index in [0.29, 0.717) is 23.5 Å². The number of nitrogens with one attached hydrogen (secondary N) is 2. The van der Waals surface area contributed by atoms with Crippen LogP contribution in [0.1, 0.15) is 43.2 Å². The summed E-state index contributed by atoms with van der Waals surface area (Å²) < 4.78 is 5.42. The van der Waals surface area contributed by atoms with Crippen molar-refractivity contribution in [2.24, 2.45) is 0 Å². The molecule has 0 radical (unpaired) electrons. The summed E-state index contributed by atoms with van der Waals surface area (Å²) in [5.41, 5.74) is 4.36. The number of piperidine rings is 1. The average molecular weight is 505 g/mol. The quantitative estimate of drug-likeness (QED) is 0.386. The van der Waals surface area contributed by atoms with Crippen LogP contribution in [0.25, 0.3) is 6.08 Å². The van der Waals surface area contributed by atoms with E-state index in [0.717, 1.165) is 62.3 Å². The van der Waals surface area contributed by atoms with E-state index >= 15 is 0 Å². The van der Waals surface area contributed by atoms with Crippen LogP contribution >= 0.6 is 23.2 Å². The lowest BCUT2D eigenvalue weighted by Gasteiger charge is -2.32. The van der Waals surface area contributed by atoms with Crippen LogP contribution in [0.15, 0.2) is 42.6 Å². The van der Waals surface area contributed by atoms with Gasteiger partial charge in [-0.3, -0.25) is 9.69 Å². The van der Waals surface area contributed by atoms with Crippen LogP contribution in [-0.2, 0) is 20.9 Å². The maximum atomic E-state index is 12.0. The van der Waals surface area contributed by atoms with Crippen molar-refractivity contribution >= 4 is 41.0 Å². The average Bonchev–Trinajstić information content (AvgIpc) is 2.85. The van der Waals surface area contributed by atoms with Crippen molar-refractivity contribution in [3.05, 3.63) is 63.8 Å². The summed E-state index contributed by atoms with van der Waals surface area (Å²) in [6.07, 6.45) is 9.19. The fraction of sp³-hybridized carbons (Fsp3) is 0.440. The molecule has 0 aliphatic carbocycles. The first-order valence-electron chi connectivity index (χ1n) is 11.7. The van der Waals surface area contributed by atoms with Gasteiger partial charge in [0.2, 0.25) is 0 Å². The molecule has 7 nitrogen and oxygen atoms in total.